The molecule has 10 heteroatoms. The van der Waals surface area contributed by atoms with Crippen LogP contribution in [-0.2, 0) is 33.0 Å². The Bertz CT molecular complexity index is 1410. The van der Waals surface area contributed by atoms with Gasteiger partial charge in [0, 0.05) is 24.8 Å². The standard InChI is InChI=1S/C23H22N2O6S2/c26-32(27,21-8-9-22-23(15-21)31-13-12-30-22)24-19-7-6-17-10-11-25(16-18(17)14-19)33(28,29)20-4-2-1-3-5-20/h1-9,14-15,24H,10-13,16H2. The van der Waals surface area contributed by atoms with Gasteiger partial charge in [0.15, 0.2) is 11.5 Å². The highest BCUT2D eigenvalue weighted by Crippen LogP contribution is 2.33. The molecule has 3 aromatic carbocycles. The second-order valence-electron chi connectivity index (χ2n) is 7.80. The lowest BCUT2D eigenvalue weighted by molar-refractivity contribution is 0.171. The monoisotopic (exact) mass is 486 g/mol. The largest absolute Gasteiger partial charge is 0.486 e. The number of sulfonamides is 2. The van der Waals surface area contributed by atoms with Gasteiger partial charge < -0.3 is 9.47 Å². The molecule has 3 aromatic rings. The van der Waals surface area contributed by atoms with Gasteiger partial charge in [-0.05, 0) is 53.9 Å². The van der Waals surface area contributed by atoms with Crippen molar-refractivity contribution in [3.8, 4) is 11.5 Å². The molecular weight excluding hydrogens is 464 g/mol. The lowest BCUT2D eigenvalue weighted by atomic mass is 10.0. The molecule has 0 aliphatic carbocycles. The third-order valence-electron chi connectivity index (χ3n) is 5.64. The van der Waals surface area contributed by atoms with Crippen LogP contribution in [0.25, 0.3) is 0 Å². The van der Waals surface area contributed by atoms with Gasteiger partial charge in [-0.1, -0.05) is 24.3 Å². The maximum atomic E-state index is 13.0. The second kappa shape index (κ2) is 8.36. The number of fused-ring (bicyclic) bond motifs is 2. The molecule has 0 unspecified atom stereocenters. The number of hydrogen-bond donors (Lipinski definition) is 1. The van der Waals surface area contributed by atoms with Crippen LogP contribution in [0.5, 0.6) is 11.5 Å². The minimum Gasteiger partial charge on any atom is -0.486 e. The van der Waals surface area contributed by atoms with Gasteiger partial charge >= 0.3 is 0 Å². The van der Waals surface area contributed by atoms with Crippen molar-refractivity contribution in [2.45, 2.75) is 22.8 Å². The average Bonchev–Trinajstić information content (AvgIpc) is 2.83. The number of nitrogens with one attached hydrogen (secondary N) is 1. The lowest BCUT2D eigenvalue weighted by Crippen LogP contribution is -2.36. The lowest BCUT2D eigenvalue weighted by Gasteiger charge is -2.28. The molecule has 0 radical (unpaired) electrons. The summed E-state index contributed by atoms with van der Waals surface area (Å²) in [5.41, 5.74) is 2.13. The average molecular weight is 487 g/mol. The maximum Gasteiger partial charge on any atom is 0.262 e. The van der Waals surface area contributed by atoms with Crippen LogP contribution in [0.3, 0.4) is 0 Å². The fourth-order valence-electron chi connectivity index (χ4n) is 3.95. The summed E-state index contributed by atoms with van der Waals surface area (Å²) in [4.78, 5) is 0.293. The van der Waals surface area contributed by atoms with E-state index in [9.17, 15) is 16.8 Å². The zero-order valence-corrected chi connectivity index (χ0v) is 19.2. The Morgan fingerprint density at radius 3 is 2.30 bits per heavy atom. The van der Waals surface area contributed by atoms with Crippen LogP contribution in [0.2, 0.25) is 0 Å². The Balaban J connectivity index is 1.38. The molecule has 8 nitrogen and oxygen atoms in total. The molecule has 5 rings (SSSR count). The van der Waals surface area contributed by atoms with Crippen molar-refractivity contribution in [1.29, 1.82) is 0 Å². The third kappa shape index (κ3) is 4.29. The van der Waals surface area contributed by atoms with Crippen molar-refractivity contribution in [3.05, 3.63) is 77.9 Å². The van der Waals surface area contributed by atoms with E-state index in [4.69, 9.17) is 9.47 Å². The van der Waals surface area contributed by atoms with Crippen LogP contribution >= 0.6 is 0 Å². The first-order valence-corrected chi connectivity index (χ1v) is 13.3. The van der Waals surface area contributed by atoms with Gasteiger partial charge in [-0.3, -0.25) is 4.72 Å². The zero-order chi connectivity index (χ0) is 23.1. The third-order valence-corrected chi connectivity index (χ3v) is 8.88. The van der Waals surface area contributed by atoms with E-state index in [-0.39, 0.29) is 16.3 Å². The molecule has 0 saturated carbocycles. The molecule has 0 spiro atoms. The molecule has 0 saturated heterocycles. The summed E-state index contributed by atoms with van der Waals surface area (Å²) in [6, 6.07) is 18.0. The van der Waals surface area contributed by atoms with Crippen molar-refractivity contribution in [2.75, 3.05) is 24.5 Å². The van der Waals surface area contributed by atoms with Crippen LogP contribution < -0.4 is 14.2 Å². The SMILES string of the molecule is O=S(=O)(Nc1ccc2c(c1)CN(S(=O)(=O)c1ccccc1)CC2)c1ccc2c(c1)OCCO2. The van der Waals surface area contributed by atoms with Crippen LogP contribution in [0.4, 0.5) is 5.69 Å². The Hall–Kier alpha value is -3.08. The Morgan fingerprint density at radius 2 is 1.52 bits per heavy atom. The predicted octanol–water partition coefficient (Wildman–Crippen LogP) is 3.01. The smallest absolute Gasteiger partial charge is 0.262 e. The Kier molecular flexibility index (Phi) is 5.51. The van der Waals surface area contributed by atoms with Crippen LogP contribution in [0.15, 0.2) is 76.5 Å². The topological polar surface area (TPSA) is 102 Å². The van der Waals surface area contributed by atoms with Crippen LogP contribution in [0, 0.1) is 0 Å². The molecule has 0 aromatic heterocycles. The van der Waals surface area contributed by atoms with Gasteiger partial charge in [-0.15, -0.1) is 0 Å². The molecule has 0 atom stereocenters. The molecule has 33 heavy (non-hydrogen) atoms. The maximum absolute atomic E-state index is 13.0. The van der Waals surface area contributed by atoms with E-state index in [0.29, 0.717) is 43.4 Å². The first kappa shape index (κ1) is 21.7. The number of ether oxygens (including phenoxy) is 2. The number of anilines is 1. The highest BCUT2D eigenvalue weighted by molar-refractivity contribution is 7.92. The summed E-state index contributed by atoms with van der Waals surface area (Å²) in [5, 5.41) is 0. The first-order chi connectivity index (χ1) is 15.8. The molecule has 2 aliphatic rings. The van der Waals surface area contributed by atoms with Crippen LogP contribution in [0.1, 0.15) is 11.1 Å². The Labute approximate surface area is 192 Å². The number of benzene rings is 3. The number of rotatable bonds is 5. The summed E-state index contributed by atoms with van der Waals surface area (Å²) in [6.45, 7) is 1.32. The van der Waals surface area contributed by atoms with Crippen molar-refractivity contribution in [1.82, 2.24) is 4.31 Å². The fourth-order valence-corrected chi connectivity index (χ4v) is 6.45. The minimum absolute atomic E-state index is 0.0535. The number of hydrogen-bond acceptors (Lipinski definition) is 6. The van der Waals surface area contributed by atoms with Gasteiger partial charge in [-0.25, -0.2) is 16.8 Å². The van der Waals surface area contributed by atoms with E-state index in [1.165, 1.54) is 16.4 Å². The van der Waals surface area contributed by atoms with Crippen LogP contribution in [-0.4, -0.2) is 40.9 Å². The molecule has 0 bridgehead atoms. The van der Waals surface area contributed by atoms with Gasteiger partial charge in [0.05, 0.1) is 9.79 Å². The van der Waals surface area contributed by atoms with Gasteiger partial charge in [0.1, 0.15) is 13.2 Å². The molecule has 0 fully saturated rings. The Morgan fingerprint density at radius 1 is 0.758 bits per heavy atom. The summed E-state index contributed by atoms with van der Waals surface area (Å²) in [6.07, 6.45) is 0.552. The summed E-state index contributed by atoms with van der Waals surface area (Å²) >= 11 is 0. The predicted molar refractivity (Wildman–Crippen MR) is 122 cm³/mol. The normalized spacial score (nSPS) is 16.1. The molecular formula is C23H22N2O6S2. The molecule has 1 N–H and O–H groups in total. The quantitative estimate of drug-likeness (QED) is 0.595. The van der Waals surface area contributed by atoms with E-state index in [1.807, 2.05) is 6.07 Å². The van der Waals surface area contributed by atoms with E-state index >= 15 is 0 Å². The molecule has 2 aliphatic heterocycles. The van der Waals surface area contributed by atoms with E-state index in [1.54, 1.807) is 48.5 Å². The van der Waals surface area contributed by atoms with Crippen molar-refractivity contribution in [2.24, 2.45) is 0 Å². The fraction of sp³-hybridized carbons (Fsp3) is 0.217. The van der Waals surface area contributed by atoms with Gasteiger partial charge in [0.25, 0.3) is 10.0 Å². The number of nitrogens with zero attached hydrogens (tertiary/aromatic N) is 1. The van der Waals surface area contributed by atoms with Crippen molar-refractivity contribution < 1.29 is 26.3 Å². The highest BCUT2D eigenvalue weighted by atomic mass is 32.2. The van der Waals surface area contributed by atoms with Crippen molar-refractivity contribution in [3.63, 3.8) is 0 Å². The van der Waals surface area contributed by atoms with E-state index < -0.39 is 20.0 Å². The highest BCUT2D eigenvalue weighted by Gasteiger charge is 2.28. The zero-order valence-electron chi connectivity index (χ0n) is 17.6. The van der Waals surface area contributed by atoms with Gasteiger partial charge in [-0.2, -0.15) is 4.31 Å². The van der Waals surface area contributed by atoms with Crippen molar-refractivity contribution >= 4 is 25.7 Å². The molecule has 172 valence electrons. The summed E-state index contributed by atoms with van der Waals surface area (Å²) in [7, 11) is -7.51. The molecule has 2 heterocycles. The summed E-state index contributed by atoms with van der Waals surface area (Å²) in [5.74, 6) is 0.894. The first-order valence-electron chi connectivity index (χ1n) is 10.4. The van der Waals surface area contributed by atoms with Gasteiger partial charge in [0.2, 0.25) is 10.0 Å². The second-order valence-corrected chi connectivity index (χ2v) is 11.4. The molecule has 0 amide bonds. The van der Waals surface area contributed by atoms with E-state index in [0.717, 1.165) is 11.1 Å². The summed E-state index contributed by atoms with van der Waals surface area (Å²) < 4.78 is 66.8. The van der Waals surface area contributed by atoms with E-state index in [2.05, 4.69) is 4.72 Å². The minimum atomic E-state index is -3.88.